The number of carbonyl (C=O) groups excluding carboxylic acids is 1. The number of hydrogen-bond acceptors (Lipinski definition) is 2. The van der Waals surface area contributed by atoms with Crippen LogP contribution in [0.1, 0.15) is 0 Å². The molecule has 0 aliphatic carbocycles. The lowest BCUT2D eigenvalue weighted by atomic mass is 10.7. The Labute approximate surface area is 36.1 Å². The first-order valence-electron chi connectivity index (χ1n) is 1.16. The first-order valence-corrected chi connectivity index (χ1v) is 1.68. The summed E-state index contributed by atoms with van der Waals surface area (Å²) in [5.41, 5.74) is 0. The van der Waals surface area contributed by atoms with Gasteiger partial charge in [0, 0.05) is 0 Å². The molecule has 0 aliphatic rings. The molecule has 0 bridgehead atoms. The molecule has 2 heteroatoms. The summed E-state index contributed by atoms with van der Waals surface area (Å²) in [6.45, 7) is 0. The molecule has 0 aromatic rings. The van der Waals surface area contributed by atoms with Crippen molar-refractivity contribution >= 4 is 18.9 Å². The first-order chi connectivity index (χ1) is 2.41. The number of hydrogen-bond donors (Lipinski definition) is 1. The summed E-state index contributed by atoms with van der Waals surface area (Å²) in [5.74, 6) is 0. The lowest BCUT2D eigenvalue weighted by molar-refractivity contribution is -0.104. The molecule has 5 heavy (non-hydrogen) atoms. The monoisotopic (exact) mass is 88.0 g/mol. The zero-order valence-electron chi connectivity index (χ0n) is 2.59. The fourth-order valence-corrected chi connectivity index (χ4v) is 0.105. The molecule has 0 atom stereocenters. The Kier molecular flexibility index (Phi) is 3.58. The molecule has 0 N–H and O–H groups in total. The molecule has 1 nitrogen and oxygen atoms in total. The largest absolute Gasteiger partial charge is 0.299 e. The SMILES string of the molecule is O=C/C=C\S. The molecule has 0 amide bonds. The number of allylic oxidation sites excluding steroid dienone is 1. The highest BCUT2D eigenvalue weighted by Gasteiger charge is 1.48. The molecule has 28 valence electrons. The third-order valence-corrected chi connectivity index (χ3v) is 0.337. The number of rotatable bonds is 1. The van der Waals surface area contributed by atoms with E-state index < -0.39 is 0 Å². The molecule has 0 rings (SSSR count). The predicted octanol–water partition coefficient (Wildman–Crippen LogP) is 0.629. The fraction of sp³-hybridized carbons (Fsp3) is 0. The van der Waals surface area contributed by atoms with Crippen molar-refractivity contribution in [1.29, 1.82) is 0 Å². The van der Waals surface area contributed by atoms with Gasteiger partial charge >= 0.3 is 0 Å². The van der Waals surface area contributed by atoms with Crippen LogP contribution in [-0.4, -0.2) is 6.29 Å². The number of thiol groups is 1. The zero-order chi connectivity index (χ0) is 4.12. The summed E-state index contributed by atoms with van der Waals surface area (Å²) in [6.07, 6.45) is 1.98. The van der Waals surface area contributed by atoms with Gasteiger partial charge < -0.3 is 0 Å². The van der Waals surface area contributed by atoms with Crippen molar-refractivity contribution in [2.75, 3.05) is 0 Å². The number of carbonyl (C=O) groups is 1. The third-order valence-electron chi connectivity index (χ3n) is 0.165. The van der Waals surface area contributed by atoms with Crippen LogP contribution in [0.4, 0.5) is 0 Å². The van der Waals surface area contributed by atoms with Crippen LogP contribution < -0.4 is 0 Å². The van der Waals surface area contributed by atoms with Gasteiger partial charge in [0.2, 0.25) is 0 Å². The molecule has 0 saturated heterocycles. The maximum Gasteiger partial charge on any atom is 0.143 e. The summed E-state index contributed by atoms with van der Waals surface area (Å²) < 4.78 is 0. The molecule has 0 heterocycles. The summed E-state index contributed by atoms with van der Waals surface area (Å²) >= 11 is 3.59. The minimum absolute atomic E-state index is 0.674. The summed E-state index contributed by atoms with van der Waals surface area (Å²) in [7, 11) is 0. The Morgan fingerprint density at radius 2 is 2.20 bits per heavy atom. The lowest BCUT2D eigenvalue weighted by Crippen LogP contribution is -1.48. The van der Waals surface area contributed by atoms with E-state index in [0.717, 1.165) is 0 Å². The molecule has 0 aromatic carbocycles. The third kappa shape index (κ3) is 3.76. The molecule has 0 aliphatic heterocycles. The Bertz CT molecular complexity index is 48.9. The predicted molar refractivity (Wildman–Crippen MR) is 24.2 cm³/mol. The standard InChI is InChI=1S/C3H4OS/c4-2-1-3-5/h1-3,5H/b3-1-. The van der Waals surface area contributed by atoms with Gasteiger partial charge in [0.15, 0.2) is 0 Å². The first kappa shape index (κ1) is 4.76. The molecule has 0 radical (unpaired) electrons. The smallest absolute Gasteiger partial charge is 0.143 e. The lowest BCUT2D eigenvalue weighted by Gasteiger charge is -1.50. The van der Waals surface area contributed by atoms with Gasteiger partial charge in [-0.05, 0) is 11.5 Å². The minimum Gasteiger partial charge on any atom is -0.299 e. The molecule has 0 fully saturated rings. The van der Waals surface area contributed by atoms with Crippen LogP contribution in [0.2, 0.25) is 0 Å². The maximum atomic E-state index is 9.27. The second kappa shape index (κ2) is 3.76. The van der Waals surface area contributed by atoms with Gasteiger partial charge in [-0.25, -0.2) is 0 Å². The highest BCUT2D eigenvalue weighted by molar-refractivity contribution is 7.83. The van der Waals surface area contributed by atoms with E-state index in [-0.39, 0.29) is 0 Å². The van der Waals surface area contributed by atoms with Crippen LogP contribution in [0.15, 0.2) is 11.5 Å². The average Bonchev–Trinajstić information content (AvgIpc) is 1.41. The second-order valence-electron chi connectivity index (χ2n) is 0.478. The van der Waals surface area contributed by atoms with Gasteiger partial charge in [0.25, 0.3) is 0 Å². The topological polar surface area (TPSA) is 17.1 Å². The van der Waals surface area contributed by atoms with Gasteiger partial charge in [-0.2, -0.15) is 12.6 Å². The minimum atomic E-state index is 0.674. The second-order valence-corrected chi connectivity index (χ2v) is 0.776. The van der Waals surface area contributed by atoms with Crippen LogP contribution in [-0.2, 0) is 4.79 Å². The van der Waals surface area contributed by atoms with Crippen molar-refractivity contribution in [2.45, 2.75) is 0 Å². The van der Waals surface area contributed by atoms with Crippen LogP contribution in [0.5, 0.6) is 0 Å². The van der Waals surface area contributed by atoms with Crippen molar-refractivity contribution in [3.63, 3.8) is 0 Å². The quantitative estimate of drug-likeness (QED) is 0.282. The Morgan fingerprint density at radius 1 is 1.60 bits per heavy atom. The Balaban J connectivity index is 2.92. The highest BCUT2D eigenvalue weighted by atomic mass is 32.1. The van der Waals surface area contributed by atoms with Crippen molar-refractivity contribution in [1.82, 2.24) is 0 Å². The van der Waals surface area contributed by atoms with E-state index in [4.69, 9.17) is 0 Å². The number of aldehydes is 1. The van der Waals surface area contributed by atoms with E-state index in [1.807, 2.05) is 0 Å². The van der Waals surface area contributed by atoms with Crippen LogP contribution >= 0.6 is 12.6 Å². The van der Waals surface area contributed by atoms with E-state index in [1.165, 1.54) is 11.5 Å². The summed E-state index contributed by atoms with van der Waals surface area (Å²) in [4.78, 5) is 9.27. The molecule has 0 spiro atoms. The average molecular weight is 88.1 g/mol. The molecule has 0 unspecified atom stereocenters. The normalized spacial score (nSPS) is 9.00. The van der Waals surface area contributed by atoms with Crippen LogP contribution in [0.3, 0.4) is 0 Å². The van der Waals surface area contributed by atoms with Gasteiger partial charge in [-0.15, -0.1) is 0 Å². The van der Waals surface area contributed by atoms with Crippen molar-refractivity contribution in [3.05, 3.63) is 11.5 Å². The molecular weight excluding hydrogens is 84.1 g/mol. The zero-order valence-corrected chi connectivity index (χ0v) is 3.48. The van der Waals surface area contributed by atoms with Gasteiger partial charge in [-0.3, -0.25) is 4.79 Å². The van der Waals surface area contributed by atoms with E-state index >= 15 is 0 Å². The Hall–Kier alpha value is -0.240. The van der Waals surface area contributed by atoms with Crippen molar-refractivity contribution in [3.8, 4) is 0 Å². The molecule has 0 aromatic heterocycles. The highest BCUT2D eigenvalue weighted by Crippen LogP contribution is 1.67. The van der Waals surface area contributed by atoms with Gasteiger partial charge in [0.1, 0.15) is 6.29 Å². The van der Waals surface area contributed by atoms with E-state index in [9.17, 15) is 4.79 Å². The maximum absolute atomic E-state index is 9.27. The van der Waals surface area contributed by atoms with E-state index in [1.54, 1.807) is 0 Å². The fourth-order valence-electron chi connectivity index (χ4n) is 0.0351. The Morgan fingerprint density at radius 3 is 2.20 bits per heavy atom. The van der Waals surface area contributed by atoms with Crippen LogP contribution in [0, 0.1) is 0 Å². The van der Waals surface area contributed by atoms with Gasteiger partial charge in [0.05, 0.1) is 0 Å². The van der Waals surface area contributed by atoms with E-state index in [0.29, 0.717) is 6.29 Å². The van der Waals surface area contributed by atoms with Crippen LogP contribution in [0.25, 0.3) is 0 Å². The van der Waals surface area contributed by atoms with E-state index in [2.05, 4.69) is 12.6 Å². The molecule has 0 saturated carbocycles. The summed E-state index contributed by atoms with van der Waals surface area (Å²) in [5, 5.41) is 1.38. The summed E-state index contributed by atoms with van der Waals surface area (Å²) in [6, 6.07) is 0. The van der Waals surface area contributed by atoms with Crippen molar-refractivity contribution in [2.24, 2.45) is 0 Å². The van der Waals surface area contributed by atoms with Crippen molar-refractivity contribution < 1.29 is 4.79 Å². The van der Waals surface area contributed by atoms with Gasteiger partial charge in [-0.1, -0.05) is 0 Å². The molecular formula is C3H4OS.